The highest BCUT2D eigenvalue weighted by Crippen LogP contribution is 2.31. The summed E-state index contributed by atoms with van der Waals surface area (Å²) in [6, 6.07) is 12.1. The number of carbonyl (C=O) groups excluding carboxylic acids is 1. The third kappa shape index (κ3) is 3.87. The molecule has 0 spiro atoms. The van der Waals surface area contributed by atoms with Crippen molar-refractivity contribution in [2.45, 2.75) is 0 Å². The Labute approximate surface area is 163 Å². The molecule has 1 amide bonds. The Hall–Kier alpha value is -1.87. The first-order chi connectivity index (χ1) is 12.0. The van der Waals surface area contributed by atoms with Crippen molar-refractivity contribution in [1.82, 2.24) is 4.90 Å². The molecule has 1 fully saturated rings. The molecule has 1 aliphatic rings. The van der Waals surface area contributed by atoms with Crippen LogP contribution in [-0.2, 0) is 0 Å². The second-order valence-electron chi connectivity index (χ2n) is 5.65. The van der Waals surface area contributed by atoms with E-state index in [4.69, 9.17) is 11.6 Å². The van der Waals surface area contributed by atoms with Crippen LogP contribution in [0.2, 0.25) is 5.02 Å². The van der Waals surface area contributed by atoms with Crippen molar-refractivity contribution in [3.63, 3.8) is 0 Å². The molecule has 25 heavy (non-hydrogen) atoms. The molecule has 6 nitrogen and oxygen atoms in total. The first-order valence-corrected chi connectivity index (χ1v) is 9.16. The molecule has 8 heteroatoms. The van der Waals surface area contributed by atoms with Crippen LogP contribution in [0.15, 0.2) is 42.5 Å². The van der Waals surface area contributed by atoms with Gasteiger partial charge in [0.25, 0.3) is 11.6 Å². The summed E-state index contributed by atoms with van der Waals surface area (Å²) in [6.07, 6.45) is 0. The molecule has 0 aliphatic carbocycles. The maximum Gasteiger partial charge on any atom is 0.294 e. The minimum absolute atomic E-state index is 0.00439. The van der Waals surface area contributed by atoms with Gasteiger partial charge in [-0.3, -0.25) is 14.9 Å². The van der Waals surface area contributed by atoms with E-state index in [1.807, 2.05) is 29.2 Å². The molecule has 0 bridgehead atoms. The van der Waals surface area contributed by atoms with Gasteiger partial charge in [-0.05, 0) is 46.9 Å². The summed E-state index contributed by atoms with van der Waals surface area (Å²) >= 11 is 8.02. The van der Waals surface area contributed by atoms with Gasteiger partial charge < -0.3 is 9.80 Å². The number of hydrogen-bond donors (Lipinski definition) is 0. The van der Waals surface area contributed by atoms with E-state index in [0.717, 1.165) is 3.57 Å². The second kappa shape index (κ2) is 7.57. The summed E-state index contributed by atoms with van der Waals surface area (Å²) < 4.78 is 0.917. The zero-order valence-electron chi connectivity index (χ0n) is 13.2. The van der Waals surface area contributed by atoms with Gasteiger partial charge in [0, 0.05) is 40.8 Å². The summed E-state index contributed by atoms with van der Waals surface area (Å²) in [5.74, 6) is -0.00439. The van der Waals surface area contributed by atoms with Crippen LogP contribution in [0.5, 0.6) is 0 Å². The van der Waals surface area contributed by atoms with Crippen molar-refractivity contribution in [2.75, 3.05) is 31.1 Å². The summed E-state index contributed by atoms with van der Waals surface area (Å²) in [6.45, 7) is 2.11. The molecule has 0 unspecified atom stereocenters. The number of carbonyl (C=O) groups is 1. The molecule has 1 heterocycles. The van der Waals surface area contributed by atoms with Gasteiger partial charge in [-0.1, -0.05) is 23.7 Å². The zero-order chi connectivity index (χ0) is 18.0. The number of benzene rings is 2. The lowest BCUT2D eigenvalue weighted by atomic mass is 10.1. The Morgan fingerprint density at radius 2 is 1.80 bits per heavy atom. The van der Waals surface area contributed by atoms with E-state index in [0.29, 0.717) is 42.5 Å². The van der Waals surface area contributed by atoms with Gasteiger partial charge in [0.1, 0.15) is 5.69 Å². The Morgan fingerprint density at radius 1 is 1.12 bits per heavy atom. The smallest absolute Gasteiger partial charge is 0.294 e. The third-order valence-corrected chi connectivity index (χ3v) is 5.32. The van der Waals surface area contributed by atoms with Crippen molar-refractivity contribution in [2.24, 2.45) is 0 Å². The first-order valence-electron chi connectivity index (χ1n) is 7.70. The standard InChI is InChI=1S/C17H15ClIN3O3/c18-12-5-6-15(16(11-12)22(24)25)20-7-9-21(10-8-20)17(23)13-3-1-2-4-14(13)19/h1-6,11H,7-10H2. The SMILES string of the molecule is O=C(c1ccccc1I)N1CCN(c2ccc(Cl)cc2[N+](=O)[O-])CC1. The van der Waals surface area contributed by atoms with Crippen LogP contribution in [0.1, 0.15) is 10.4 Å². The molecular formula is C17H15ClIN3O3. The van der Waals surface area contributed by atoms with Crippen molar-refractivity contribution in [1.29, 1.82) is 0 Å². The highest BCUT2D eigenvalue weighted by atomic mass is 127. The van der Waals surface area contributed by atoms with Gasteiger partial charge in [0.2, 0.25) is 0 Å². The summed E-state index contributed by atoms with van der Waals surface area (Å²) in [5, 5.41) is 11.6. The zero-order valence-corrected chi connectivity index (χ0v) is 16.1. The Bertz CT molecular complexity index is 823. The maximum atomic E-state index is 12.7. The Balaban J connectivity index is 1.74. The number of amides is 1. The molecule has 1 saturated heterocycles. The lowest BCUT2D eigenvalue weighted by Gasteiger charge is -2.36. The number of anilines is 1. The van der Waals surface area contributed by atoms with Crippen molar-refractivity contribution in [3.05, 3.63) is 66.7 Å². The topological polar surface area (TPSA) is 66.7 Å². The maximum absolute atomic E-state index is 12.7. The second-order valence-corrected chi connectivity index (χ2v) is 7.25. The van der Waals surface area contributed by atoms with Crippen LogP contribution in [0.25, 0.3) is 0 Å². The van der Waals surface area contributed by atoms with Crippen LogP contribution >= 0.6 is 34.2 Å². The largest absolute Gasteiger partial charge is 0.362 e. The van der Waals surface area contributed by atoms with Gasteiger partial charge in [-0.25, -0.2) is 0 Å². The van der Waals surface area contributed by atoms with E-state index in [2.05, 4.69) is 22.6 Å². The fourth-order valence-electron chi connectivity index (χ4n) is 2.87. The average Bonchev–Trinajstić information content (AvgIpc) is 2.61. The van der Waals surface area contributed by atoms with Crippen LogP contribution in [0.4, 0.5) is 11.4 Å². The van der Waals surface area contributed by atoms with Crippen molar-refractivity contribution >= 4 is 51.5 Å². The molecule has 1 aliphatic heterocycles. The lowest BCUT2D eigenvalue weighted by molar-refractivity contribution is -0.384. The minimum atomic E-state index is -0.426. The molecule has 0 N–H and O–H groups in total. The number of piperazine rings is 1. The number of nitro benzene ring substituents is 1. The Kier molecular flexibility index (Phi) is 5.43. The average molecular weight is 472 g/mol. The van der Waals surface area contributed by atoms with E-state index in [1.54, 1.807) is 17.0 Å². The van der Waals surface area contributed by atoms with E-state index >= 15 is 0 Å². The van der Waals surface area contributed by atoms with Crippen LogP contribution < -0.4 is 4.90 Å². The number of hydrogen-bond acceptors (Lipinski definition) is 4. The molecule has 0 aromatic heterocycles. The number of rotatable bonds is 3. The van der Waals surface area contributed by atoms with Crippen molar-refractivity contribution in [3.8, 4) is 0 Å². The third-order valence-electron chi connectivity index (χ3n) is 4.15. The molecule has 130 valence electrons. The lowest BCUT2D eigenvalue weighted by Crippen LogP contribution is -2.49. The fourth-order valence-corrected chi connectivity index (χ4v) is 3.65. The number of nitro groups is 1. The monoisotopic (exact) mass is 471 g/mol. The highest BCUT2D eigenvalue weighted by molar-refractivity contribution is 14.1. The van der Waals surface area contributed by atoms with Gasteiger partial charge in [0.15, 0.2) is 0 Å². The van der Waals surface area contributed by atoms with Crippen LogP contribution in [0, 0.1) is 13.7 Å². The van der Waals surface area contributed by atoms with Crippen LogP contribution in [-0.4, -0.2) is 41.9 Å². The van der Waals surface area contributed by atoms with E-state index in [9.17, 15) is 14.9 Å². The molecule has 0 saturated carbocycles. The number of halogens is 2. The number of nitrogens with zero attached hydrogens (tertiary/aromatic N) is 3. The molecule has 0 atom stereocenters. The van der Waals surface area contributed by atoms with Gasteiger partial charge >= 0.3 is 0 Å². The summed E-state index contributed by atoms with van der Waals surface area (Å²) in [5.41, 5.74) is 1.22. The van der Waals surface area contributed by atoms with E-state index < -0.39 is 4.92 Å². The first kappa shape index (κ1) is 17.9. The summed E-state index contributed by atoms with van der Waals surface area (Å²) in [4.78, 5) is 27.2. The quantitative estimate of drug-likeness (QED) is 0.388. The van der Waals surface area contributed by atoms with E-state index in [-0.39, 0.29) is 11.6 Å². The predicted molar refractivity (Wildman–Crippen MR) is 105 cm³/mol. The van der Waals surface area contributed by atoms with E-state index in [1.165, 1.54) is 6.07 Å². The van der Waals surface area contributed by atoms with Crippen molar-refractivity contribution < 1.29 is 9.72 Å². The normalized spacial score (nSPS) is 14.5. The minimum Gasteiger partial charge on any atom is -0.362 e. The molecule has 2 aromatic carbocycles. The molecule has 3 rings (SSSR count). The van der Waals surface area contributed by atoms with Gasteiger partial charge in [0.05, 0.1) is 10.5 Å². The fraction of sp³-hybridized carbons (Fsp3) is 0.235. The van der Waals surface area contributed by atoms with Gasteiger partial charge in [-0.2, -0.15) is 0 Å². The highest BCUT2D eigenvalue weighted by Gasteiger charge is 2.27. The molecular weight excluding hydrogens is 457 g/mol. The van der Waals surface area contributed by atoms with Crippen LogP contribution in [0.3, 0.4) is 0 Å². The molecule has 2 aromatic rings. The van der Waals surface area contributed by atoms with Gasteiger partial charge in [-0.15, -0.1) is 0 Å². The Morgan fingerprint density at radius 3 is 2.44 bits per heavy atom. The predicted octanol–water partition coefficient (Wildman–Crippen LogP) is 3.82. The molecule has 0 radical (unpaired) electrons. The summed E-state index contributed by atoms with van der Waals surface area (Å²) in [7, 11) is 0.